The standard InChI is InChI=1S/C25H26FN3O5/c26-16-6-2-14(3-7-16)12-27-11-8-17-18(22(27)31)20(30)24(33)29-19(17)23(32)28(21(29)15-4-5-15)13-25(34)9-1-10-25/h2-3,6-7,15,21,30,34H,1,4-5,8-13H2. The molecule has 1 aromatic heterocycles. The van der Waals surface area contributed by atoms with E-state index < -0.39 is 29.0 Å². The molecule has 6 rings (SSSR count). The number of aliphatic hydroxyl groups is 1. The Balaban J connectivity index is 1.40. The van der Waals surface area contributed by atoms with Gasteiger partial charge in [-0.25, -0.2) is 4.39 Å². The first-order chi connectivity index (χ1) is 16.3. The summed E-state index contributed by atoms with van der Waals surface area (Å²) in [6, 6.07) is 5.80. The average molecular weight is 467 g/mol. The first-order valence-electron chi connectivity index (χ1n) is 11.8. The van der Waals surface area contributed by atoms with Gasteiger partial charge in [0.25, 0.3) is 17.4 Å². The number of nitrogens with zero attached hydrogens (tertiary/aromatic N) is 3. The zero-order chi connectivity index (χ0) is 23.8. The van der Waals surface area contributed by atoms with Crippen molar-refractivity contribution in [2.45, 2.75) is 56.8 Å². The van der Waals surface area contributed by atoms with E-state index in [0.29, 0.717) is 31.4 Å². The van der Waals surface area contributed by atoms with E-state index in [0.717, 1.165) is 24.8 Å². The van der Waals surface area contributed by atoms with Crippen LogP contribution in [-0.2, 0) is 13.0 Å². The van der Waals surface area contributed by atoms with Crippen LogP contribution in [0.25, 0.3) is 0 Å². The summed E-state index contributed by atoms with van der Waals surface area (Å²) >= 11 is 0. The fourth-order valence-electron chi connectivity index (χ4n) is 5.64. The number of hydrogen-bond acceptors (Lipinski definition) is 5. The van der Waals surface area contributed by atoms with Crippen molar-refractivity contribution in [3.05, 3.63) is 62.8 Å². The SMILES string of the molecule is O=C1c2c(c3n(c(=O)c2O)C(C2CC2)N(CC2(O)CCC2)C3=O)CCN1Cc1ccc(F)cc1. The lowest BCUT2D eigenvalue weighted by molar-refractivity contribution is -0.0638. The van der Waals surface area contributed by atoms with E-state index in [1.54, 1.807) is 17.0 Å². The number of rotatable bonds is 5. The highest BCUT2D eigenvalue weighted by Crippen LogP contribution is 2.48. The number of carbonyl (C=O) groups excluding carboxylic acids is 2. The summed E-state index contributed by atoms with van der Waals surface area (Å²) in [4.78, 5) is 43.4. The van der Waals surface area contributed by atoms with E-state index in [-0.39, 0.29) is 42.0 Å². The lowest BCUT2D eigenvalue weighted by Gasteiger charge is -2.41. The molecular weight excluding hydrogens is 441 g/mol. The Morgan fingerprint density at radius 2 is 1.76 bits per heavy atom. The number of pyridine rings is 1. The third-order valence-corrected chi connectivity index (χ3v) is 7.75. The molecule has 0 saturated heterocycles. The molecule has 2 fully saturated rings. The minimum Gasteiger partial charge on any atom is -0.502 e. The van der Waals surface area contributed by atoms with Gasteiger partial charge in [0.15, 0.2) is 5.75 Å². The van der Waals surface area contributed by atoms with Gasteiger partial charge >= 0.3 is 0 Å². The fraction of sp³-hybridized carbons (Fsp3) is 0.480. The van der Waals surface area contributed by atoms with Gasteiger partial charge in [-0.05, 0) is 62.1 Å². The van der Waals surface area contributed by atoms with E-state index >= 15 is 0 Å². The van der Waals surface area contributed by atoms with Crippen LogP contribution >= 0.6 is 0 Å². The average Bonchev–Trinajstić information content (AvgIpc) is 3.59. The Hall–Kier alpha value is -3.20. The zero-order valence-electron chi connectivity index (χ0n) is 18.7. The first-order valence-corrected chi connectivity index (χ1v) is 11.8. The van der Waals surface area contributed by atoms with Gasteiger partial charge in [-0.15, -0.1) is 0 Å². The lowest BCUT2D eigenvalue weighted by Crippen LogP contribution is -2.50. The summed E-state index contributed by atoms with van der Waals surface area (Å²) < 4.78 is 14.6. The van der Waals surface area contributed by atoms with Crippen molar-refractivity contribution in [2.75, 3.05) is 13.1 Å². The minimum absolute atomic E-state index is 0.0956. The van der Waals surface area contributed by atoms with Crippen LogP contribution in [0.3, 0.4) is 0 Å². The Labute approximate surface area is 195 Å². The molecule has 3 heterocycles. The number of aromatic nitrogens is 1. The Morgan fingerprint density at radius 3 is 2.38 bits per heavy atom. The summed E-state index contributed by atoms with van der Waals surface area (Å²) in [6.45, 7) is 0.654. The highest BCUT2D eigenvalue weighted by atomic mass is 19.1. The maximum Gasteiger partial charge on any atom is 0.295 e. The quantitative estimate of drug-likeness (QED) is 0.702. The normalized spacial score (nSPS) is 23.1. The molecule has 1 unspecified atom stereocenters. The van der Waals surface area contributed by atoms with Crippen molar-refractivity contribution in [2.24, 2.45) is 5.92 Å². The summed E-state index contributed by atoms with van der Waals surface area (Å²) in [6.07, 6.45) is 3.62. The van der Waals surface area contributed by atoms with Crippen LogP contribution in [0.2, 0.25) is 0 Å². The zero-order valence-corrected chi connectivity index (χ0v) is 18.7. The van der Waals surface area contributed by atoms with Gasteiger partial charge in [0.05, 0.1) is 17.7 Å². The van der Waals surface area contributed by atoms with Crippen molar-refractivity contribution in [3.8, 4) is 5.75 Å². The third kappa shape index (κ3) is 3.17. The molecule has 2 aliphatic heterocycles. The molecule has 0 radical (unpaired) electrons. The van der Waals surface area contributed by atoms with Gasteiger partial charge in [0.1, 0.15) is 17.7 Å². The largest absolute Gasteiger partial charge is 0.502 e. The number of hydrogen-bond donors (Lipinski definition) is 2. The lowest BCUT2D eigenvalue weighted by atomic mass is 9.80. The molecule has 178 valence electrons. The summed E-state index contributed by atoms with van der Waals surface area (Å²) in [5.74, 6) is -1.78. The third-order valence-electron chi connectivity index (χ3n) is 7.75. The second kappa shape index (κ2) is 7.40. The Kier molecular flexibility index (Phi) is 4.64. The monoisotopic (exact) mass is 467 g/mol. The van der Waals surface area contributed by atoms with Gasteiger partial charge < -0.3 is 20.0 Å². The number of β-amino-alcohol motifs (C(OH)–C–C–N with tert-alkyl or cyclic N) is 1. The molecule has 4 aliphatic rings. The van der Waals surface area contributed by atoms with Gasteiger partial charge in [-0.1, -0.05) is 12.1 Å². The summed E-state index contributed by atoms with van der Waals surface area (Å²) in [5, 5.41) is 21.6. The highest BCUT2D eigenvalue weighted by Gasteiger charge is 2.52. The van der Waals surface area contributed by atoms with Crippen molar-refractivity contribution in [3.63, 3.8) is 0 Å². The predicted molar refractivity (Wildman–Crippen MR) is 119 cm³/mol. The number of carbonyl (C=O) groups is 2. The molecule has 1 atom stereocenters. The van der Waals surface area contributed by atoms with Gasteiger partial charge in [-0.2, -0.15) is 0 Å². The van der Waals surface area contributed by atoms with E-state index in [9.17, 15) is 29.0 Å². The summed E-state index contributed by atoms with van der Waals surface area (Å²) in [5.41, 5.74) is -0.502. The molecular formula is C25H26FN3O5. The molecule has 2 aromatic rings. The minimum atomic E-state index is -0.946. The van der Waals surface area contributed by atoms with Gasteiger partial charge in [0, 0.05) is 18.7 Å². The molecule has 0 spiro atoms. The first kappa shape index (κ1) is 21.3. The van der Waals surface area contributed by atoms with E-state index in [1.165, 1.54) is 21.6 Å². The van der Waals surface area contributed by atoms with Crippen LogP contribution in [0.5, 0.6) is 5.75 Å². The molecule has 2 aliphatic carbocycles. The van der Waals surface area contributed by atoms with Gasteiger partial charge in [-0.3, -0.25) is 19.0 Å². The van der Waals surface area contributed by atoms with Crippen LogP contribution in [0.4, 0.5) is 4.39 Å². The smallest absolute Gasteiger partial charge is 0.295 e. The Bertz CT molecular complexity index is 1260. The molecule has 2 amide bonds. The van der Waals surface area contributed by atoms with Crippen LogP contribution in [0, 0.1) is 11.7 Å². The fourth-order valence-corrected chi connectivity index (χ4v) is 5.64. The molecule has 0 bridgehead atoms. The van der Waals surface area contributed by atoms with Crippen molar-refractivity contribution in [1.29, 1.82) is 0 Å². The van der Waals surface area contributed by atoms with Crippen molar-refractivity contribution < 1.29 is 24.2 Å². The summed E-state index contributed by atoms with van der Waals surface area (Å²) in [7, 11) is 0. The van der Waals surface area contributed by atoms with E-state index in [4.69, 9.17) is 0 Å². The van der Waals surface area contributed by atoms with Crippen molar-refractivity contribution >= 4 is 11.8 Å². The highest BCUT2D eigenvalue weighted by molar-refractivity contribution is 6.04. The van der Waals surface area contributed by atoms with Crippen LogP contribution in [-0.4, -0.2) is 55.1 Å². The molecule has 34 heavy (non-hydrogen) atoms. The molecule has 1 aromatic carbocycles. The number of aromatic hydroxyl groups is 1. The van der Waals surface area contributed by atoms with Gasteiger partial charge in [0.2, 0.25) is 0 Å². The van der Waals surface area contributed by atoms with E-state index in [2.05, 4.69) is 0 Å². The Morgan fingerprint density at radius 1 is 1.06 bits per heavy atom. The second-order valence-electron chi connectivity index (χ2n) is 10.1. The molecule has 8 nitrogen and oxygen atoms in total. The number of halogens is 1. The van der Waals surface area contributed by atoms with E-state index in [1.807, 2.05) is 0 Å². The maximum atomic E-state index is 13.6. The predicted octanol–water partition coefficient (Wildman–Crippen LogP) is 2.17. The van der Waals surface area contributed by atoms with Crippen LogP contribution < -0.4 is 5.56 Å². The number of benzene rings is 1. The topological polar surface area (TPSA) is 103 Å². The maximum absolute atomic E-state index is 13.6. The number of fused-ring (bicyclic) bond motifs is 3. The molecule has 2 N–H and O–H groups in total. The van der Waals surface area contributed by atoms with Crippen molar-refractivity contribution in [1.82, 2.24) is 14.4 Å². The van der Waals surface area contributed by atoms with Crippen LogP contribution in [0.15, 0.2) is 29.1 Å². The molecule has 2 saturated carbocycles. The molecule has 9 heteroatoms. The number of amides is 2. The van der Waals surface area contributed by atoms with Crippen LogP contribution in [0.1, 0.15) is 70.2 Å². The second-order valence-corrected chi connectivity index (χ2v) is 10.1.